The Morgan fingerprint density at radius 1 is 1.25 bits per heavy atom. The van der Waals surface area contributed by atoms with Gasteiger partial charge in [-0.2, -0.15) is 0 Å². The normalized spacial score (nSPS) is 26.8. The first kappa shape index (κ1) is 15.9. The van der Waals surface area contributed by atoms with Crippen LogP contribution in [0.3, 0.4) is 0 Å². The highest BCUT2D eigenvalue weighted by atomic mass is 16.5. The van der Waals surface area contributed by atoms with Crippen LogP contribution in [0.5, 0.6) is 5.75 Å². The Morgan fingerprint density at radius 3 is 2.88 bits per heavy atom. The van der Waals surface area contributed by atoms with E-state index >= 15 is 0 Å². The number of hydrogen-bond acceptors (Lipinski definition) is 4. The first-order valence-corrected chi connectivity index (χ1v) is 9.14. The summed E-state index contributed by atoms with van der Waals surface area (Å²) in [7, 11) is 0. The minimum Gasteiger partial charge on any atom is -0.493 e. The predicted molar refractivity (Wildman–Crippen MR) is 91.3 cm³/mol. The van der Waals surface area contributed by atoms with E-state index in [0.717, 1.165) is 31.4 Å². The summed E-state index contributed by atoms with van der Waals surface area (Å²) in [6.07, 6.45) is 5.17. The molecule has 24 heavy (non-hydrogen) atoms. The van der Waals surface area contributed by atoms with Gasteiger partial charge in [0.15, 0.2) is 0 Å². The van der Waals surface area contributed by atoms with Gasteiger partial charge in [-0.05, 0) is 62.4 Å². The molecule has 1 aliphatic carbocycles. The zero-order chi connectivity index (χ0) is 16.4. The molecule has 2 atom stereocenters. The molecule has 3 aliphatic rings. The maximum atomic E-state index is 12.3. The fourth-order valence-electron chi connectivity index (χ4n) is 3.52. The molecule has 0 bridgehead atoms. The molecule has 0 aromatic heterocycles. The van der Waals surface area contributed by atoms with Crippen molar-refractivity contribution in [2.24, 2.45) is 5.92 Å². The van der Waals surface area contributed by atoms with E-state index in [-0.39, 0.29) is 12.0 Å². The van der Waals surface area contributed by atoms with Crippen LogP contribution in [0.15, 0.2) is 24.3 Å². The Labute approximate surface area is 143 Å². The van der Waals surface area contributed by atoms with Crippen LogP contribution in [-0.2, 0) is 4.74 Å². The van der Waals surface area contributed by atoms with Crippen LogP contribution in [0.1, 0.15) is 36.0 Å². The second-order valence-electron chi connectivity index (χ2n) is 7.24. The lowest BCUT2D eigenvalue weighted by Gasteiger charge is -2.35. The van der Waals surface area contributed by atoms with Crippen molar-refractivity contribution in [2.45, 2.75) is 37.8 Å². The highest BCUT2D eigenvalue weighted by Gasteiger charge is 2.32. The van der Waals surface area contributed by atoms with Crippen LogP contribution in [-0.4, -0.2) is 55.8 Å². The van der Waals surface area contributed by atoms with E-state index in [2.05, 4.69) is 10.2 Å². The molecule has 4 rings (SSSR count). The van der Waals surface area contributed by atoms with Gasteiger partial charge in [-0.15, -0.1) is 0 Å². The standard InChI is InChI=1S/C19H26N2O3/c22-19(15-5-7-17(8-6-15)23-12-14-3-4-14)20-10-18-11-21-9-1-2-16(21)13-24-18/h5-8,14,16,18H,1-4,9-13H2,(H,20,22). The van der Waals surface area contributed by atoms with Gasteiger partial charge in [0.1, 0.15) is 5.75 Å². The molecule has 0 spiro atoms. The molecule has 1 aromatic rings. The van der Waals surface area contributed by atoms with E-state index in [0.29, 0.717) is 18.2 Å². The number of ether oxygens (including phenoxy) is 2. The maximum Gasteiger partial charge on any atom is 0.251 e. The average molecular weight is 330 g/mol. The summed E-state index contributed by atoms with van der Waals surface area (Å²) in [4.78, 5) is 14.8. The van der Waals surface area contributed by atoms with Gasteiger partial charge in [-0.25, -0.2) is 0 Å². The Hall–Kier alpha value is -1.59. The largest absolute Gasteiger partial charge is 0.493 e. The molecule has 2 heterocycles. The molecule has 2 unspecified atom stereocenters. The Balaban J connectivity index is 1.23. The van der Waals surface area contributed by atoms with Gasteiger partial charge < -0.3 is 14.8 Å². The lowest BCUT2D eigenvalue weighted by molar-refractivity contribution is -0.0461. The zero-order valence-electron chi connectivity index (χ0n) is 14.1. The monoisotopic (exact) mass is 330 g/mol. The summed E-state index contributed by atoms with van der Waals surface area (Å²) in [6, 6.07) is 8.01. The van der Waals surface area contributed by atoms with Crippen LogP contribution in [0.25, 0.3) is 0 Å². The highest BCUT2D eigenvalue weighted by Crippen LogP contribution is 2.29. The maximum absolute atomic E-state index is 12.3. The van der Waals surface area contributed by atoms with Gasteiger partial charge in [-0.3, -0.25) is 9.69 Å². The van der Waals surface area contributed by atoms with Crippen molar-refractivity contribution in [1.29, 1.82) is 0 Å². The van der Waals surface area contributed by atoms with Crippen molar-refractivity contribution in [2.75, 3.05) is 32.8 Å². The summed E-state index contributed by atoms with van der Waals surface area (Å²) in [5.41, 5.74) is 0.670. The van der Waals surface area contributed by atoms with Gasteiger partial charge in [0.25, 0.3) is 5.91 Å². The molecule has 3 fully saturated rings. The van der Waals surface area contributed by atoms with Gasteiger partial charge in [0.05, 0.1) is 19.3 Å². The summed E-state index contributed by atoms with van der Waals surface area (Å²) in [6.45, 7) is 4.26. The van der Waals surface area contributed by atoms with Gasteiger partial charge >= 0.3 is 0 Å². The van der Waals surface area contributed by atoms with E-state index < -0.39 is 0 Å². The molecule has 5 heteroatoms. The van der Waals surface area contributed by atoms with Crippen LogP contribution < -0.4 is 10.1 Å². The molecule has 2 aliphatic heterocycles. The minimum absolute atomic E-state index is 0.0455. The molecule has 2 saturated heterocycles. The van der Waals surface area contributed by atoms with E-state index in [1.807, 2.05) is 24.3 Å². The predicted octanol–water partition coefficient (Wildman–Crippen LogP) is 2.07. The summed E-state index contributed by atoms with van der Waals surface area (Å²) >= 11 is 0. The van der Waals surface area contributed by atoms with Crippen LogP contribution in [0.4, 0.5) is 0 Å². The number of hydrogen-bond donors (Lipinski definition) is 1. The average Bonchev–Trinajstić information content (AvgIpc) is 3.33. The second-order valence-corrected chi connectivity index (χ2v) is 7.24. The molecule has 1 N–H and O–H groups in total. The number of morpholine rings is 1. The Kier molecular flexibility index (Phi) is 4.72. The van der Waals surface area contributed by atoms with E-state index in [1.165, 1.54) is 32.2 Å². The van der Waals surface area contributed by atoms with E-state index in [1.54, 1.807) is 0 Å². The zero-order valence-corrected chi connectivity index (χ0v) is 14.1. The number of carbonyl (C=O) groups is 1. The first-order valence-electron chi connectivity index (χ1n) is 9.14. The number of amides is 1. The Bertz CT molecular complexity index is 570. The van der Waals surface area contributed by atoms with Crippen LogP contribution in [0.2, 0.25) is 0 Å². The SMILES string of the molecule is O=C(NCC1CN2CCCC2CO1)c1ccc(OCC2CC2)cc1. The van der Waals surface area contributed by atoms with E-state index in [4.69, 9.17) is 9.47 Å². The van der Waals surface area contributed by atoms with Gasteiger partial charge in [0, 0.05) is 24.7 Å². The summed E-state index contributed by atoms with van der Waals surface area (Å²) in [5, 5.41) is 3.00. The molecule has 1 amide bonds. The van der Waals surface area contributed by atoms with Crippen LogP contribution in [0, 0.1) is 5.92 Å². The first-order chi connectivity index (χ1) is 11.8. The summed E-state index contributed by atoms with van der Waals surface area (Å²) < 4.78 is 11.6. The fourth-order valence-corrected chi connectivity index (χ4v) is 3.52. The molecule has 5 nitrogen and oxygen atoms in total. The summed E-state index contributed by atoms with van der Waals surface area (Å²) in [5.74, 6) is 1.53. The molecule has 1 aromatic carbocycles. The number of benzene rings is 1. The van der Waals surface area contributed by atoms with Crippen molar-refractivity contribution < 1.29 is 14.3 Å². The third-order valence-corrected chi connectivity index (χ3v) is 5.25. The van der Waals surface area contributed by atoms with Crippen molar-refractivity contribution >= 4 is 5.91 Å². The number of carbonyl (C=O) groups excluding carboxylic acids is 1. The van der Waals surface area contributed by atoms with Crippen molar-refractivity contribution in [3.05, 3.63) is 29.8 Å². The van der Waals surface area contributed by atoms with Crippen molar-refractivity contribution in [3.63, 3.8) is 0 Å². The molecular weight excluding hydrogens is 304 g/mol. The lowest BCUT2D eigenvalue weighted by atomic mass is 10.1. The number of rotatable bonds is 6. The number of nitrogens with one attached hydrogen (secondary N) is 1. The number of nitrogens with zero attached hydrogens (tertiary/aromatic N) is 1. The molecule has 1 saturated carbocycles. The van der Waals surface area contributed by atoms with Gasteiger partial charge in [0.2, 0.25) is 0 Å². The lowest BCUT2D eigenvalue weighted by Crippen LogP contribution is -2.50. The molecule has 0 radical (unpaired) electrons. The van der Waals surface area contributed by atoms with Crippen molar-refractivity contribution in [1.82, 2.24) is 10.2 Å². The Morgan fingerprint density at radius 2 is 2.08 bits per heavy atom. The topological polar surface area (TPSA) is 50.8 Å². The third-order valence-electron chi connectivity index (χ3n) is 5.25. The smallest absolute Gasteiger partial charge is 0.251 e. The third kappa shape index (κ3) is 3.90. The minimum atomic E-state index is -0.0455. The van der Waals surface area contributed by atoms with Gasteiger partial charge in [-0.1, -0.05) is 0 Å². The molecule has 130 valence electrons. The molecular formula is C19H26N2O3. The fraction of sp³-hybridized carbons (Fsp3) is 0.632. The quantitative estimate of drug-likeness (QED) is 0.867. The van der Waals surface area contributed by atoms with E-state index in [9.17, 15) is 4.79 Å². The van der Waals surface area contributed by atoms with Crippen LogP contribution >= 0.6 is 0 Å². The van der Waals surface area contributed by atoms with Crippen molar-refractivity contribution in [3.8, 4) is 5.75 Å². The highest BCUT2D eigenvalue weighted by molar-refractivity contribution is 5.94. The number of fused-ring (bicyclic) bond motifs is 1. The second kappa shape index (κ2) is 7.11.